The molecule has 3 rings (SSSR count). The fourth-order valence-electron chi connectivity index (χ4n) is 3.18. The van der Waals surface area contributed by atoms with Crippen LogP contribution in [0.15, 0.2) is 24.3 Å². The summed E-state index contributed by atoms with van der Waals surface area (Å²) in [4.78, 5) is 12.3. The van der Waals surface area contributed by atoms with Gasteiger partial charge in [-0.05, 0) is 42.9 Å². The summed E-state index contributed by atoms with van der Waals surface area (Å²) in [5.74, 6) is 0.375. The van der Waals surface area contributed by atoms with Gasteiger partial charge in [0.2, 0.25) is 0 Å². The van der Waals surface area contributed by atoms with E-state index in [1.165, 1.54) is 11.1 Å². The molecule has 0 spiro atoms. The molecule has 0 saturated carbocycles. The molecule has 1 aliphatic carbocycles. The summed E-state index contributed by atoms with van der Waals surface area (Å²) in [7, 11) is 0. The lowest BCUT2D eigenvalue weighted by molar-refractivity contribution is -0.155. The molecule has 1 aromatic carbocycles. The Kier molecular flexibility index (Phi) is 3.56. The number of benzene rings is 1. The Bertz CT molecular complexity index is 472. The minimum Gasteiger partial charge on any atom is -0.457 e. The van der Waals surface area contributed by atoms with Gasteiger partial charge in [0, 0.05) is 6.54 Å². The van der Waals surface area contributed by atoms with Crippen molar-refractivity contribution >= 4 is 5.97 Å². The molecular formula is C16H21NO2. The summed E-state index contributed by atoms with van der Waals surface area (Å²) < 4.78 is 5.79. The first-order valence-electron chi connectivity index (χ1n) is 7.24. The SMILES string of the molecule is CC1CNCC1C(=O)OC1CCCc2ccccc21. The summed E-state index contributed by atoms with van der Waals surface area (Å²) in [6.07, 6.45) is 3.13. The fourth-order valence-corrected chi connectivity index (χ4v) is 3.18. The number of carbonyl (C=O) groups is 1. The monoisotopic (exact) mass is 259 g/mol. The van der Waals surface area contributed by atoms with Crippen LogP contribution in [0.5, 0.6) is 0 Å². The average molecular weight is 259 g/mol. The predicted molar refractivity (Wildman–Crippen MR) is 73.7 cm³/mol. The van der Waals surface area contributed by atoms with E-state index in [0.29, 0.717) is 5.92 Å². The molecule has 3 nitrogen and oxygen atoms in total. The van der Waals surface area contributed by atoms with Crippen LogP contribution in [0, 0.1) is 11.8 Å². The Hall–Kier alpha value is -1.35. The van der Waals surface area contributed by atoms with E-state index >= 15 is 0 Å². The Morgan fingerprint density at radius 2 is 2.16 bits per heavy atom. The van der Waals surface area contributed by atoms with E-state index in [1.807, 2.05) is 6.07 Å². The van der Waals surface area contributed by atoms with Crippen molar-refractivity contribution in [1.29, 1.82) is 0 Å². The van der Waals surface area contributed by atoms with Crippen LogP contribution in [0.25, 0.3) is 0 Å². The lowest BCUT2D eigenvalue weighted by atomic mass is 9.89. The molecule has 3 unspecified atom stereocenters. The zero-order chi connectivity index (χ0) is 13.2. The van der Waals surface area contributed by atoms with Gasteiger partial charge in [-0.1, -0.05) is 31.2 Å². The van der Waals surface area contributed by atoms with Gasteiger partial charge in [0.15, 0.2) is 0 Å². The minimum absolute atomic E-state index is 0.0223. The molecule has 1 saturated heterocycles. The molecule has 0 radical (unpaired) electrons. The maximum Gasteiger partial charge on any atom is 0.311 e. The molecule has 1 heterocycles. The van der Waals surface area contributed by atoms with Crippen LogP contribution in [-0.4, -0.2) is 19.1 Å². The third-order valence-electron chi connectivity index (χ3n) is 4.39. The molecule has 0 bridgehead atoms. The summed E-state index contributed by atoms with van der Waals surface area (Å²) >= 11 is 0. The van der Waals surface area contributed by atoms with Crippen molar-refractivity contribution in [1.82, 2.24) is 5.32 Å². The van der Waals surface area contributed by atoms with Gasteiger partial charge < -0.3 is 10.1 Å². The summed E-state index contributed by atoms with van der Waals surface area (Å²) in [5.41, 5.74) is 2.55. The molecule has 0 aromatic heterocycles. The highest BCUT2D eigenvalue weighted by Gasteiger charge is 2.33. The smallest absolute Gasteiger partial charge is 0.311 e. The van der Waals surface area contributed by atoms with Crippen LogP contribution < -0.4 is 5.32 Å². The maximum atomic E-state index is 12.3. The van der Waals surface area contributed by atoms with E-state index in [1.54, 1.807) is 0 Å². The molecule has 3 atom stereocenters. The summed E-state index contributed by atoms with van der Waals surface area (Å²) in [6.45, 7) is 3.79. The van der Waals surface area contributed by atoms with E-state index in [4.69, 9.17) is 4.74 Å². The number of hydrogen-bond acceptors (Lipinski definition) is 3. The molecule has 1 fully saturated rings. The number of ether oxygens (including phenoxy) is 1. The number of hydrogen-bond donors (Lipinski definition) is 1. The topological polar surface area (TPSA) is 38.3 Å². The first-order valence-corrected chi connectivity index (χ1v) is 7.24. The van der Waals surface area contributed by atoms with E-state index in [0.717, 1.165) is 32.4 Å². The lowest BCUT2D eigenvalue weighted by Crippen LogP contribution is -2.26. The van der Waals surface area contributed by atoms with Crippen molar-refractivity contribution in [3.05, 3.63) is 35.4 Å². The lowest BCUT2D eigenvalue weighted by Gasteiger charge is -2.27. The van der Waals surface area contributed by atoms with Gasteiger partial charge in [-0.25, -0.2) is 0 Å². The number of aryl methyl sites for hydroxylation is 1. The van der Waals surface area contributed by atoms with Crippen molar-refractivity contribution < 1.29 is 9.53 Å². The highest BCUT2D eigenvalue weighted by atomic mass is 16.5. The maximum absolute atomic E-state index is 12.3. The fraction of sp³-hybridized carbons (Fsp3) is 0.562. The molecule has 102 valence electrons. The van der Waals surface area contributed by atoms with Gasteiger partial charge in [0.1, 0.15) is 6.10 Å². The molecule has 2 aliphatic rings. The van der Waals surface area contributed by atoms with Gasteiger partial charge in [0.05, 0.1) is 5.92 Å². The summed E-state index contributed by atoms with van der Waals surface area (Å²) in [6, 6.07) is 8.34. The quantitative estimate of drug-likeness (QED) is 0.829. The molecule has 3 heteroatoms. The predicted octanol–water partition coefficient (Wildman–Crippen LogP) is 2.46. The number of rotatable bonds is 2. The van der Waals surface area contributed by atoms with Crippen LogP contribution in [0.4, 0.5) is 0 Å². The molecular weight excluding hydrogens is 238 g/mol. The number of nitrogens with one attached hydrogen (secondary N) is 1. The third kappa shape index (κ3) is 2.52. The first-order chi connectivity index (χ1) is 9.25. The standard InChI is InChI=1S/C16H21NO2/c1-11-9-17-10-14(11)16(18)19-15-8-4-6-12-5-2-3-7-13(12)15/h2-3,5,7,11,14-15,17H,4,6,8-10H2,1H3. The number of carbonyl (C=O) groups excluding carboxylic acids is 1. The van der Waals surface area contributed by atoms with E-state index in [-0.39, 0.29) is 18.0 Å². The average Bonchev–Trinajstić information content (AvgIpc) is 2.85. The number of esters is 1. The van der Waals surface area contributed by atoms with Crippen LogP contribution >= 0.6 is 0 Å². The van der Waals surface area contributed by atoms with Crippen molar-refractivity contribution in [3.8, 4) is 0 Å². The largest absolute Gasteiger partial charge is 0.457 e. The first kappa shape index (κ1) is 12.7. The summed E-state index contributed by atoms with van der Waals surface area (Å²) in [5, 5.41) is 3.26. The van der Waals surface area contributed by atoms with Gasteiger partial charge in [0.25, 0.3) is 0 Å². The van der Waals surface area contributed by atoms with Crippen molar-refractivity contribution in [2.24, 2.45) is 11.8 Å². The van der Waals surface area contributed by atoms with E-state index in [9.17, 15) is 4.79 Å². The van der Waals surface area contributed by atoms with Crippen molar-refractivity contribution in [2.45, 2.75) is 32.3 Å². The van der Waals surface area contributed by atoms with Crippen LogP contribution in [0.1, 0.15) is 37.0 Å². The third-order valence-corrected chi connectivity index (χ3v) is 4.39. The van der Waals surface area contributed by atoms with Crippen molar-refractivity contribution in [2.75, 3.05) is 13.1 Å². The Morgan fingerprint density at radius 3 is 2.95 bits per heavy atom. The van der Waals surface area contributed by atoms with Gasteiger partial charge in [-0.3, -0.25) is 4.79 Å². The second-order valence-electron chi connectivity index (χ2n) is 5.76. The van der Waals surface area contributed by atoms with Gasteiger partial charge >= 0.3 is 5.97 Å². The zero-order valence-electron chi connectivity index (χ0n) is 11.4. The Balaban J connectivity index is 1.72. The van der Waals surface area contributed by atoms with Crippen LogP contribution in [0.3, 0.4) is 0 Å². The molecule has 0 amide bonds. The van der Waals surface area contributed by atoms with Crippen LogP contribution in [0.2, 0.25) is 0 Å². The van der Waals surface area contributed by atoms with Crippen molar-refractivity contribution in [3.63, 3.8) is 0 Å². The highest BCUT2D eigenvalue weighted by Crippen LogP contribution is 2.33. The van der Waals surface area contributed by atoms with Gasteiger partial charge in [-0.15, -0.1) is 0 Å². The van der Waals surface area contributed by atoms with E-state index in [2.05, 4.69) is 30.4 Å². The van der Waals surface area contributed by atoms with E-state index < -0.39 is 0 Å². The molecule has 1 aliphatic heterocycles. The normalized spacial score (nSPS) is 29.8. The second-order valence-corrected chi connectivity index (χ2v) is 5.76. The van der Waals surface area contributed by atoms with Crippen LogP contribution in [-0.2, 0) is 16.0 Å². The molecule has 1 aromatic rings. The molecule has 1 N–H and O–H groups in total. The number of fused-ring (bicyclic) bond motifs is 1. The minimum atomic E-state index is -0.0368. The highest BCUT2D eigenvalue weighted by molar-refractivity contribution is 5.74. The van der Waals surface area contributed by atoms with Gasteiger partial charge in [-0.2, -0.15) is 0 Å². The Morgan fingerprint density at radius 1 is 1.32 bits per heavy atom. The molecule has 19 heavy (non-hydrogen) atoms. The second kappa shape index (κ2) is 5.33. The Labute approximate surface area is 114 Å². The zero-order valence-corrected chi connectivity index (χ0v) is 11.4.